The van der Waals surface area contributed by atoms with Crippen molar-refractivity contribution in [3.63, 3.8) is 0 Å². The number of carbonyl (C=O) groups is 1. The molecule has 0 saturated carbocycles. The molecule has 2 heterocycles. The second-order valence-corrected chi connectivity index (χ2v) is 5.76. The molecule has 2 aromatic heterocycles. The number of esters is 1. The minimum Gasteiger partial charge on any atom is -0.464 e. The third-order valence-electron chi connectivity index (χ3n) is 4.24. The van der Waals surface area contributed by atoms with E-state index in [1.807, 2.05) is 48.7 Å². The molecule has 2 aromatic carbocycles. The standard InChI is InChI=1S/C20H15NO4/c1-24-20(23)18-17-15(12-21(18)11-13-7-3-2-4-8-13)14-9-5-6-10-16(14)25-19(17)22/h2-10,12H,11H2,1H3. The molecule has 0 aliphatic heterocycles. The average molecular weight is 333 g/mol. The van der Waals surface area contributed by atoms with Crippen molar-refractivity contribution in [1.82, 2.24) is 4.57 Å². The van der Waals surface area contributed by atoms with Crippen molar-refractivity contribution in [3.05, 3.63) is 82.5 Å². The molecule has 5 heteroatoms. The van der Waals surface area contributed by atoms with Gasteiger partial charge in [-0.25, -0.2) is 9.59 Å². The summed E-state index contributed by atoms with van der Waals surface area (Å²) in [7, 11) is 1.30. The largest absolute Gasteiger partial charge is 0.464 e. The maximum atomic E-state index is 12.5. The van der Waals surface area contributed by atoms with Crippen LogP contribution in [-0.4, -0.2) is 17.6 Å². The highest BCUT2D eigenvalue weighted by Gasteiger charge is 2.23. The van der Waals surface area contributed by atoms with Gasteiger partial charge >= 0.3 is 11.6 Å². The van der Waals surface area contributed by atoms with Gasteiger partial charge in [-0.1, -0.05) is 48.5 Å². The Morgan fingerprint density at radius 3 is 2.52 bits per heavy atom. The molecule has 25 heavy (non-hydrogen) atoms. The highest BCUT2D eigenvalue weighted by atomic mass is 16.5. The molecule has 0 bridgehead atoms. The van der Waals surface area contributed by atoms with Crippen LogP contribution in [0.1, 0.15) is 16.1 Å². The van der Waals surface area contributed by atoms with E-state index in [4.69, 9.17) is 9.15 Å². The van der Waals surface area contributed by atoms with Gasteiger partial charge in [0, 0.05) is 23.5 Å². The molecule has 5 nitrogen and oxygen atoms in total. The van der Waals surface area contributed by atoms with Crippen LogP contribution >= 0.6 is 0 Å². The van der Waals surface area contributed by atoms with Gasteiger partial charge < -0.3 is 13.7 Å². The van der Waals surface area contributed by atoms with Crippen LogP contribution in [0.2, 0.25) is 0 Å². The zero-order valence-electron chi connectivity index (χ0n) is 13.6. The average Bonchev–Trinajstić information content (AvgIpc) is 3.02. The minimum atomic E-state index is -0.562. The van der Waals surface area contributed by atoms with Crippen molar-refractivity contribution in [2.45, 2.75) is 6.54 Å². The molecule has 0 amide bonds. The topological polar surface area (TPSA) is 61.4 Å². The van der Waals surface area contributed by atoms with Crippen molar-refractivity contribution in [2.75, 3.05) is 7.11 Å². The Balaban J connectivity index is 2.04. The van der Waals surface area contributed by atoms with Crippen molar-refractivity contribution >= 4 is 27.7 Å². The van der Waals surface area contributed by atoms with Gasteiger partial charge in [-0.2, -0.15) is 0 Å². The molecular formula is C20H15NO4. The number of para-hydroxylation sites is 1. The molecule has 0 fully saturated rings. The lowest BCUT2D eigenvalue weighted by atomic mass is 10.1. The monoisotopic (exact) mass is 333 g/mol. The Bertz CT molecular complexity index is 1140. The third-order valence-corrected chi connectivity index (χ3v) is 4.24. The number of aromatic nitrogens is 1. The Morgan fingerprint density at radius 1 is 1.04 bits per heavy atom. The quantitative estimate of drug-likeness (QED) is 0.425. The summed E-state index contributed by atoms with van der Waals surface area (Å²) in [6.45, 7) is 0.452. The summed E-state index contributed by atoms with van der Waals surface area (Å²) in [6, 6.07) is 17.0. The van der Waals surface area contributed by atoms with Gasteiger partial charge in [0.15, 0.2) is 0 Å². The number of methoxy groups -OCH3 is 1. The van der Waals surface area contributed by atoms with Crippen LogP contribution in [-0.2, 0) is 11.3 Å². The molecule has 4 rings (SSSR count). The zero-order valence-corrected chi connectivity index (χ0v) is 13.6. The van der Waals surface area contributed by atoms with E-state index < -0.39 is 11.6 Å². The summed E-state index contributed by atoms with van der Waals surface area (Å²) in [5, 5.41) is 1.72. The van der Waals surface area contributed by atoms with Crippen molar-refractivity contribution in [1.29, 1.82) is 0 Å². The third kappa shape index (κ3) is 2.50. The van der Waals surface area contributed by atoms with Crippen LogP contribution in [0, 0.1) is 0 Å². The van der Waals surface area contributed by atoms with Gasteiger partial charge in [-0.15, -0.1) is 0 Å². The Labute approximate surface area is 143 Å². The van der Waals surface area contributed by atoms with E-state index in [-0.39, 0.29) is 11.1 Å². The lowest BCUT2D eigenvalue weighted by Crippen LogP contribution is -2.13. The minimum absolute atomic E-state index is 0.209. The molecule has 0 atom stereocenters. The summed E-state index contributed by atoms with van der Waals surface area (Å²) in [4.78, 5) is 24.9. The van der Waals surface area contributed by atoms with Gasteiger partial charge in [-0.05, 0) is 11.6 Å². The lowest BCUT2D eigenvalue weighted by Gasteiger charge is -2.07. The van der Waals surface area contributed by atoms with E-state index in [2.05, 4.69) is 0 Å². The van der Waals surface area contributed by atoms with Crippen LogP contribution in [0.5, 0.6) is 0 Å². The van der Waals surface area contributed by atoms with Crippen LogP contribution in [0.3, 0.4) is 0 Å². The summed E-state index contributed by atoms with van der Waals surface area (Å²) in [5.41, 5.74) is 1.18. The van der Waals surface area contributed by atoms with Crippen LogP contribution < -0.4 is 5.63 Å². The van der Waals surface area contributed by atoms with Crippen molar-refractivity contribution < 1.29 is 13.9 Å². The highest BCUT2D eigenvalue weighted by molar-refractivity contribution is 6.12. The van der Waals surface area contributed by atoms with E-state index in [1.54, 1.807) is 16.7 Å². The van der Waals surface area contributed by atoms with E-state index in [9.17, 15) is 9.59 Å². The molecule has 0 aliphatic rings. The predicted molar refractivity (Wildman–Crippen MR) is 94.9 cm³/mol. The molecule has 0 radical (unpaired) electrons. The lowest BCUT2D eigenvalue weighted by molar-refractivity contribution is 0.0591. The molecular weight excluding hydrogens is 318 g/mol. The number of benzene rings is 2. The first-order chi connectivity index (χ1) is 12.2. The number of nitrogens with zero attached hydrogens (tertiary/aromatic N) is 1. The van der Waals surface area contributed by atoms with E-state index >= 15 is 0 Å². The van der Waals surface area contributed by atoms with Gasteiger partial charge in [0.2, 0.25) is 0 Å². The maximum absolute atomic E-state index is 12.5. The Hall–Kier alpha value is -3.34. The zero-order chi connectivity index (χ0) is 17.4. The predicted octanol–water partition coefficient (Wildman–Crippen LogP) is 3.58. The normalized spacial score (nSPS) is 11.1. The Morgan fingerprint density at radius 2 is 1.76 bits per heavy atom. The van der Waals surface area contributed by atoms with Crippen molar-refractivity contribution in [3.8, 4) is 0 Å². The van der Waals surface area contributed by atoms with Crippen LogP contribution in [0.15, 0.2) is 70.0 Å². The second kappa shape index (κ2) is 5.94. The first kappa shape index (κ1) is 15.2. The first-order valence-electron chi connectivity index (χ1n) is 7.86. The SMILES string of the molecule is COC(=O)c1c2c(=O)oc3ccccc3c2cn1Cc1ccccc1. The molecule has 0 aliphatic carbocycles. The number of carbonyl (C=O) groups excluding carboxylic acids is 1. The Kier molecular flexibility index (Phi) is 3.61. The number of fused-ring (bicyclic) bond motifs is 3. The molecule has 124 valence electrons. The van der Waals surface area contributed by atoms with Gasteiger partial charge in [0.1, 0.15) is 16.7 Å². The first-order valence-corrected chi connectivity index (χ1v) is 7.86. The van der Waals surface area contributed by atoms with Crippen LogP contribution in [0.4, 0.5) is 0 Å². The maximum Gasteiger partial charge on any atom is 0.355 e. The number of hydrogen-bond acceptors (Lipinski definition) is 4. The number of rotatable bonds is 3. The fraction of sp³-hybridized carbons (Fsp3) is 0.100. The summed E-state index contributed by atoms with van der Waals surface area (Å²) >= 11 is 0. The summed E-state index contributed by atoms with van der Waals surface area (Å²) in [5.74, 6) is -0.562. The smallest absolute Gasteiger partial charge is 0.355 e. The summed E-state index contributed by atoms with van der Waals surface area (Å²) < 4.78 is 12.1. The molecule has 0 spiro atoms. The summed E-state index contributed by atoms with van der Waals surface area (Å²) in [6.07, 6.45) is 1.81. The van der Waals surface area contributed by atoms with Gasteiger partial charge in [0.25, 0.3) is 0 Å². The van der Waals surface area contributed by atoms with E-state index in [1.165, 1.54) is 7.11 Å². The van der Waals surface area contributed by atoms with Gasteiger partial charge in [-0.3, -0.25) is 0 Å². The number of hydrogen-bond donors (Lipinski definition) is 0. The second-order valence-electron chi connectivity index (χ2n) is 5.76. The van der Waals surface area contributed by atoms with Gasteiger partial charge in [0.05, 0.1) is 7.11 Å². The van der Waals surface area contributed by atoms with Crippen LogP contribution in [0.25, 0.3) is 21.7 Å². The fourth-order valence-electron chi connectivity index (χ4n) is 3.12. The number of ether oxygens (including phenoxy) is 1. The molecule has 0 N–H and O–H groups in total. The fourth-order valence-corrected chi connectivity index (χ4v) is 3.12. The molecule has 4 aromatic rings. The molecule has 0 saturated heterocycles. The molecule has 0 unspecified atom stereocenters. The van der Waals surface area contributed by atoms with Crippen molar-refractivity contribution in [2.24, 2.45) is 0 Å². The van der Waals surface area contributed by atoms with E-state index in [0.29, 0.717) is 17.5 Å². The highest BCUT2D eigenvalue weighted by Crippen LogP contribution is 2.27. The van der Waals surface area contributed by atoms with E-state index in [0.717, 1.165) is 10.9 Å².